The second kappa shape index (κ2) is 7.56. The van der Waals surface area contributed by atoms with Crippen LogP contribution in [-0.2, 0) is 6.54 Å². The van der Waals surface area contributed by atoms with Crippen molar-refractivity contribution in [2.45, 2.75) is 25.3 Å². The van der Waals surface area contributed by atoms with Crippen molar-refractivity contribution in [1.29, 1.82) is 0 Å². The monoisotopic (exact) mass is 372 g/mol. The summed E-state index contributed by atoms with van der Waals surface area (Å²) in [6, 6.07) is 8.42. The van der Waals surface area contributed by atoms with Crippen LogP contribution in [0.3, 0.4) is 0 Å². The number of allylic oxidation sites excluding steroid dienone is 1. The molecule has 142 valence electrons. The van der Waals surface area contributed by atoms with Crippen LogP contribution in [0.2, 0.25) is 0 Å². The molecule has 5 heterocycles. The first kappa shape index (κ1) is 17.1. The number of nitrogens with zero attached hydrogens (tertiary/aromatic N) is 5. The number of pyridine rings is 2. The van der Waals surface area contributed by atoms with E-state index >= 15 is 0 Å². The van der Waals surface area contributed by atoms with Gasteiger partial charge in [-0.3, -0.25) is 9.89 Å². The number of hydrogen-bond donors (Lipinski definition) is 1. The van der Waals surface area contributed by atoms with Gasteiger partial charge < -0.3 is 9.72 Å². The Morgan fingerprint density at radius 3 is 2.86 bits per heavy atom. The molecule has 2 aliphatic heterocycles. The molecular formula is C22H24N6. The minimum atomic E-state index is 0.331. The molecule has 1 N–H and O–H groups in total. The van der Waals surface area contributed by atoms with Gasteiger partial charge in [-0.05, 0) is 61.3 Å². The van der Waals surface area contributed by atoms with Gasteiger partial charge in [0.05, 0.1) is 6.20 Å². The molecule has 0 aliphatic carbocycles. The van der Waals surface area contributed by atoms with Crippen molar-refractivity contribution in [2.75, 3.05) is 25.0 Å². The molecule has 0 spiro atoms. The summed E-state index contributed by atoms with van der Waals surface area (Å²) in [4.78, 5) is 16.0. The highest BCUT2D eigenvalue weighted by atomic mass is 15.1. The lowest BCUT2D eigenvalue weighted by Crippen LogP contribution is -2.18. The van der Waals surface area contributed by atoms with Crippen LogP contribution in [0.5, 0.6) is 0 Å². The Balaban J connectivity index is 1.33. The van der Waals surface area contributed by atoms with E-state index in [1.54, 1.807) is 0 Å². The quantitative estimate of drug-likeness (QED) is 0.740. The third kappa shape index (κ3) is 3.68. The molecule has 6 heteroatoms. The Kier molecular flexibility index (Phi) is 4.62. The van der Waals surface area contributed by atoms with Gasteiger partial charge in [0.1, 0.15) is 11.5 Å². The van der Waals surface area contributed by atoms with Crippen molar-refractivity contribution in [3.05, 3.63) is 66.1 Å². The van der Waals surface area contributed by atoms with Crippen LogP contribution in [0, 0.1) is 0 Å². The minimum Gasteiger partial charge on any atom is -0.324 e. The van der Waals surface area contributed by atoms with Crippen LogP contribution < -0.4 is 5.32 Å². The van der Waals surface area contributed by atoms with Crippen molar-refractivity contribution < 1.29 is 0 Å². The molecule has 3 aromatic rings. The predicted octanol–water partition coefficient (Wildman–Crippen LogP) is 3.79. The fraction of sp³-hybridized carbons (Fsp3) is 0.318. The maximum absolute atomic E-state index is 4.68. The minimum absolute atomic E-state index is 0.331. The van der Waals surface area contributed by atoms with E-state index in [-0.39, 0.29) is 0 Å². The van der Waals surface area contributed by atoms with Gasteiger partial charge in [0.25, 0.3) is 0 Å². The van der Waals surface area contributed by atoms with Crippen molar-refractivity contribution in [3.63, 3.8) is 0 Å². The smallest absolute Gasteiger partial charge is 0.150 e. The predicted molar refractivity (Wildman–Crippen MR) is 112 cm³/mol. The Hall–Kier alpha value is -2.99. The number of aliphatic imine (C=N–C) groups is 1. The van der Waals surface area contributed by atoms with Crippen LogP contribution >= 0.6 is 0 Å². The zero-order chi connectivity index (χ0) is 18.8. The molecule has 0 saturated carbocycles. The summed E-state index contributed by atoms with van der Waals surface area (Å²) in [5.74, 6) is 1.97. The fourth-order valence-electron chi connectivity index (χ4n) is 3.96. The summed E-state index contributed by atoms with van der Waals surface area (Å²) >= 11 is 0. The lowest BCUT2D eigenvalue weighted by Gasteiger charge is -2.14. The van der Waals surface area contributed by atoms with Gasteiger partial charge in [-0.25, -0.2) is 9.97 Å². The standard InChI is InChI=1S/C22H24N6/c1-2-11-27(10-1)14-17-7-9-24-20(12-17)25-21-16-28-15-19(5-6-22(28)26-21)18-4-3-8-23-13-18/h3-9,12,15-16,18H,1-2,10-11,13-14H2,(H,24,25). The molecule has 28 heavy (non-hydrogen) atoms. The average Bonchev–Trinajstić information content (AvgIpc) is 3.37. The summed E-state index contributed by atoms with van der Waals surface area (Å²) in [5, 5.41) is 3.36. The van der Waals surface area contributed by atoms with Gasteiger partial charge >= 0.3 is 0 Å². The average molecular weight is 372 g/mol. The Morgan fingerprint density at radius 1 is 1.07 bits per heavy atom. The molecule has 1 unspecified atom stereocenters. The molecule has 0 aromatic carbocycles. The van der Waals surface area contributed by atoms with E-state index in [4.69, 9.17) is 0 Å². The number of dihydropyridines is 1. The number of imidazole rings is 1. The normalized spacial score (nSPS) is 19.5. The maximum Gasteiger partial charge on any atom is 0.150 e. The number of hydrogen-bond acceptors (Lipinski definition) is 5. The molecule has 0 amide bonds. The molecule has 1 fully saturated rings. The molecule has 5 rings (SSSR count). The van der Waals surface area contributed by atoms with E-state index in [0.29, 0.717) is 5.92 Å². The molecule has 2 aliphatic rings. The Labute approximate surface area is 164 Å². The Morgan fingerprint density at radius 2 is 2.00 bits per heavy atom. The van der Waals surface area contributed by atoms with Crippen LogP contribution in [-0.4, -0.2) is 45.1 Å². The lowest BCUT2D eigenvalue weighted by molar-refractivity contribution is 0.331. The zero-order valence-electron chi connectivity index (χ0n) is 15.8. The van der Waals surface area contributed by atoms with Crippen molar-refractivity contribution in [3.8, 4) is 0 Å². The summed E-state index contributed by atoms with van der Waals surface area (Å²) < 4.78 is 2.07. The third-order valence-corrected chi connectivity index (χ3v) is 5.42. The summed E-state index contributed by atoms with van der Waals surface area (Å²) in [5.41, 5.74) is 3.45. The number of rotatable bonds is 5. The van der Waals surface area contributed by atoms with Gasteiger partial charge in [0, 0.05) is 37.6 Å². The molecule has 3 aromatic heterocycles. The number of likely N-dealkylation sites (tertiary alicyclic amines) is 1. The van der Waals surface area contributed by atoms with E-state index in [1.165, 1.54) is 37.1 Å². The molecule has 0 radical (unpaired) electrons. The van der Waals surface area contributed by atoms with Gasteiger partial charge in [-0.15, -0.1) is 0 Å². The van der Waals surface area contributed by atoms with Gasteiger partial charge in [-0.1, -0.05) is 12.1 Å². The maximum atomic E-state index is 4.68. The second-order valence-electron chi connectivity index (χ2n) is 7.52. The van der Waals surface area contributed by atoms with E-state index in [1.807, 2.05) is 24.7 Å². The number of anilines is 2. The van der Waals surface area contributed by atoms with Gasteiger partial charge in [0.2, 0.25) is 0 Å². The number of fused-ring (bicyclic) bond motifs is 1. The third-order valence-electron chi connectivity index (χ3n) is 5.42. The second-order valence-corrected chi connectivity index (χ2v) is 7.52. The van der Waals surface area contributed by atoms with Crippen LogP contribution in [0.25, 0.3) is 5.65 Å². The van der Waals surface area contributed by atoms with E-state index in [0.717, 1.165) is 30.4 Å². The van der Waals surface area contributed by atoms with E-state index in [9.17, 15) is 0 Å². The molecule has 1 saturated heterocycles. The van der Waals surface area contributed by atoms with Gasteiger partial charge in [0.15, 0.2) is 5.82 Å². The van der Waals surface area contributed by atoms with Crippen molar-refractivity contribution in [2.24, 2.45) is 4.99 Å². The number of aromatic nitrogens is 3. The largest absolute Gasteiger partial charge is 0.324 e. The molecule has 6 nitrogen and oxygen atoms in total. The highest BCUT2D eigenvalue weighted by Gasteiger charge is 2.13. The van der Waals surface area contributed by atoms with E-state index < -0.39 is 0 Å². The highest BCUT2D eigenvalue weighted by molar-refractivity contribution is 5.72. The lowest BCUT2D eigenvalue weighted by atomic mass is 9.99. The topological polar surface area (TPSA) is 57.8 Å². The molecular weight excluding hydrogens is 348 g/mol. The Bertz CT molecular complexity index is 1030. The fourth-order valence-corrected chi connectivity index (χ4v) is 3.96. The summed E-state index contributed by atoms with van der Waals surface area (Å²) in [6.45, 7) is 4.18. The highest BCUT2D eigenvalue weighted by Crippen LogP contribution is 2.22. The van der Waals surface area contributed by atoms with Crippen molar-refractivity contribution >= 4 is 23.5 Å². The van der Waals surface area contributed by atoms with Gasteiger partial charge in [-0.2, -0.15) is 0 Å². The number of nitrogens with one attached hydrogen (secondary N) is 1. The first-order valence-electron chi connectivity index (χ1n) is 9.93. The van der Waals surface area contributed by atoms with E-state index in [2.05, 4.69) is 66.1 Å². The summed E-state index contributed by atoms with van der Waals surface area (Å²) in [6.07, 6.45) is 14.7. The SMILES string of the molecule is C1=CC(c2ccc3nc(Nc4cc(CN5CCCC5)ccn4)cn3c2)CN=C1. The van der Waals surface area contributed by atoms with Crippen LogP contribution in [0.15, 0.2) is 60.0 Å². The molecule has 0 bridgehead atoms. The van der Waals surface area contributed by atoms with Crippen molar-refractivity contribution in [1.82, 2.24) is 19.3 Å². The molecule has 1 atom stereocenters. The zero-order valence-corrected chi connectivity index (χ0v) is 15.8. The first-order valence-corrected chi connectivity index (χ1v) is 9.93. The first-order chi connectivity index (χ1) is 13.8. The van der Waals surface area contributed by atoms with Crippen LogP contribution in [0.1, 0.15) is 29.9 Å². The van der Waals surface area contributed by atoms with Crippen LogP contribution in [0.4, 0.5) is 11.6 Å². The summed E-state index contributed by atoms with van der Waals surface area (Å²) in [7, 11) is 0.